The van der Waals surface area contributed by atoms with Crippen LogP contribution in [-0.2, 0) is 14.4 Å². The van der Waals surface area contributed by atoms with Crippen molar-refractivity contribution in [3.63, 3.8) is 0 Å². The Morgan fingerprint density at radius 3 is 2.19 bits per heavy atom. The molecule has 1 fully saturated rings. The van der Waals surface area contributed by atoms with Crippen LogP contribution in [0.5, 0.6) is 0 Å². The third-order valence-corrected chi connectivity index (χ3v) is 4.59. The monoisotopic (exact) mass is 369 g/mol. The molecule has 0 bridgehead atoms. The third-order valence-electron chi connectivity index (χ3n) is 4.59. The Balaban J connectivity index is 3.18. The van der Waals surface area contributed by atoms with Gasteiger partial charge in [-0.1, -0.05) is 13.8 Å². The van der Waals surface area contributed by atoms with E-state index in [2.05, 4.69) is 10.3 Å². The van der Waals surface area contributed by atoms with Crippen molar-refractivity contribution in [2.24, 2.45) is 28.3 Å². The maximum Gasteiger partial charge on any atom is 0.306 e. The maximum atomic E-state index is 13.1. The van der Waals surface area contributed by atoms with Crippen LogP contribution in [0.25, 0.3) is 0 Å². The summed E-state index contributed by atoms with van der Waals surface area (Å²) >= 11 is 0. The zero-order valence-electron chi connectivity index (χ0n) is 15.8. The van der Waals surface area contributed by atoms with Crippen LogP contribution in [0.2, 0.25) is 0 Å². The number of guanidine groups is 1. The van der Waals surface area contributed by atoms with E-state index in [-0.39, 0.29) is 30.6 Å². The van der Waals surface area contributed by atoms with Gasteiger partial charge < -0.3 is 26.8 Å². The lowest BCUT2D eigenvalue weighted by molar-refractivity contribution is -0.142. The summed E-state index contributed by atoms with van der Waals surface area (Å²) in [6.45, 7) is 6.43. The van der Waals surface area contributed by atoms with Gasteiger partial charge in [-0.25, -0.2) is 4.99 Å². The fraction of sp³-hybridized carbons (Fsp3) is 0.765. The molecule has 9 nitrogen and oxygen atoms in total. The SMILES string of the molecule is CCCN(CCC)C(=O)C(NC(C)=O)[C@H]1C[C@@H](C(=O)O)C[C@@H]1N=C(N)N. The van der Waals surface area contributed by atoms with E-state index in [9.17, 15) is 19.5 Å². The summed E-state index contributed by atoms with van der Waals surface area (Å²) in [5, 5.41) is 12.1. The summed E-state index contributed by atoms with van der Waals surface area (Å²) in [6.07, 6.45) is 2.05. The highest BCUT2D eigenvalue weighted by Crippen LogP contribution is 2.36. The van der Waals surface area contributed by atoms with E-state index in [1.165, 1.54) is 6.92 Å². The van der Waals surface area contributed by atoms with Gasteiger partial charge in [0.15, 0.2) is 5.96 Å². The molecule has 148 valence electrons. The van der Waals surface area contributed by atoms with E-state index in [0.29, 0.717) is 13.1 Å². The van der Waals surface area contributed by atoms with Crippen molar-refractivity contribution < 1.29 is 19.5 Å². The Morgan fingerprint density at radius 1 is 1.19 bits per heavy atom. The molecule has 0 saturated heterocycles. The number of amides is 2. The van der Waals surface area contributed by atoms with Crippen LogP contribution in [-0.4, -0.2) is 58.9 Å². The van der Waals surface area contributed by atoms with Crippen LogP contribution in [0, 0.1) is 11.8 Å². The third kappa shape index (κ3) is 5.89. The van der Waals surface area contributed by atoms with Crippen molar-refractivity contribution in [3.05, 3.63) is 0 Å². The number of carbonyl (C=O) groups excluding carboxylic acids is 2. The first kappa shape index (κ1) is 21.7. The predicted molar refractivity (Wildman–Crippen MR) is 98.2 cm³/mol. The number of carboxylic acid groups (broad SMARTS) is 1. The van der Waals surface area contributed by atoms with E-state index in [4.69, 9.17) is 11.5 Å². The van der Waals surface area contributed by atoms with Crippen molar-refractivity contribution >= 4 is 23.7 Å². The van der Waals surface area contributed by atoms with Gasteiger partial charge in [-0.3, -0.25) is 14.4 Å². The Morgan fingerprint density at radius 2 is 1.77 bits per heavy atom. The number of rotatable bonds is 9. The minimum Gasteiger partial charge on any atom is -0.481 e. The fourth-order valence-electron chi connectivity index (χ4n) is 3.59. The Hall–Kier alpha value is -2.32. The second kappa shape index (κ2) is 9.98. The largest absolute Gasteiger partial charge is 0.481 e. The predicted octanol–water partition coefficient (Wildman–Crippen LogP) is -0.107. The number of nitrogens with one attached hydrogen (secondary N) is 1. The second-order valence-corrected chi connectivity index (χ2v) is 6.80. The van der Waals surface area contributed by atoms with Crippen molar-refractivity contribution in [1.29, 1.82) is 0 Å². The van der Waals surface area contributed by atoms with Crippen LogP contribution >= 0.6 is 0 Å². The zero-order chi connectivity index (χ0) is 19.9. The molecule has 1 rings (SSSR count). The highest BCUT2D eigenvalue weighted by atomic mass is 16.4. The number of nitrogens with zero attached hydrogens (tertiary/aromatic N) is 2. The molecule has 0 aromatic carbocycles. The molecule has 9 heteroatoms. The summed E-state index contributed by atoms with van der Waals surface area (Å²) < 4.78 is 0. The van der Waals surface area contributed by atoms with Crippen LogP contribution in [0.1, 0.15) is 46.5 Å². The molecule has 26 heavy (non-hydrogen) atoms. The molecule has 0 spiro atoms. The average molecular weight is 369 g/mol. The summed E-state index contributed by atoms with van der Waals surface area (Å²) in [5.74, 6) is -2.78. The van der Waals surface area contributed by atoms with E-state index in [1.54, 1.807) is 4.90 Å². The van der Waals surface area contributed by atoms with Crippen LogP contribution in [0.3, 0.4) is 0 Å². The van der Waals surface area contributed by atoms with Gasteiger partial charge in [0.1, 0.15) is 6.04 Å². The smallest absolute Gasteiger partial charge is 0.306 e. The van der Waals surface area contributed by atoms with Gasteiger partial charge in [0.05, 0.1) is 12.0 Å². The Labute approximate surface area is 154 Å². The number of aliphatic carboxylic acids is 1. The highest BCUT2D eigenvalue weighted by Gasteiger charge is 2.45. The highest BCUT2D eigenvalue weighted by molar-refractivity contribution is 5.87. The minimum absolute atomic E-state index is 0.154. The van der Waals surface area contributed by atoms with Crippen LogP contribution < -0.4 is 16.8 Å². The quantitative estimate of drug-likeness (QED) is 0.329. The molecular weight excluding hydrogens is 338 g/mol. The standard InChI is InChI=1S/C17H31N5O4/c1-4-6-22(7-5-2)15(24)14(20-10(3)23)12-8-11(16(25)26)9-13(12)21-17(18)19/h11-14H,4-9H2,1-3H3,(H,20,23)(H,25,26)(H4,18,19,21)/t11-,12+,13+,14?/m1/s1. The number of hydrogen-bond donors (Lipinski definition) is 4. The second-order valence-electron chi connectivity index (χ2n) is 6.80. The molecule has 0 aromatic rings. The van der Waals surface area contributed by atoms with Gasteiger partial charge in [-0.05, 0) is 25.7 Å². The lowest BCUT2D eigenvalue weighted by Crippen LogP contribution is -2.53. The summed E-state index contributed by atoms with van der Waals surface area (Å²) in [4.78, 5) is 42.1. The van der Waals surface area contributed by atoms with Gasteiger partial charge in [0, 0.05) is 25.9 Å². The molecule has 0 aromatic heterocycles. The van der Waals surface area contributed by atoms with Gasteiger partial charge in [-0.15, -0.1) is 0 Å². The number of carboxylic acids is 1. The van der Waals surface area contributed by atoms with Crippen molar-refractivity contribution in [3.8, 4) is 0 Å². The van der Waals surface area contributed by atoms with Gasteiger partial charge in [0.2, 0.25) is 11.8 Å². The van der Waals surface area contributed by atoms with Crippen LogP contribution in [0.4, 0.5) is 0 Å². The number of carbonyl (C=O) groups is 3. The average Bonchev–Trinajstić information content (AvgIpc) is 2.94. The first-order valence-corrected chi connectivity index (χ1v) is 9.08. The van der Waals surface area contributed by atoms with E-state index in [1.807, 2.05) is 13.8 Å². The lowest BCUT2D eigenvalue weighted by atomic mass is 9.92. The summed E-state index contributed by atoms with van der Waals surface area (Å²) in [5.41, 5.74) is 11.0. The maximum absolute atomic E-state index is 13.1. The van der Waals surface area contributed by atoms with Gasteiger partial charge >= 0.3 is 5.97 Å². The molecule has 0 aliphatic heterocycles. The minimum atomic E-state index is -0.948. The topological polar surface area (TPSA) is 151 Å². The Bertz CT molecular complexity index is 541. The lowest BCUT2D eigenvalue weighted by Gasteiger charge is -2.32. The molecular formula is C17H31N5O4. The van der Waals surface area contributed by atoms with Gasteiger partial charge in [0.25, 0.3) is 0 Å². The van der Waals surface area contributed by atoms with E-state index >= 15 is 0 Å². The number of hydrogen-bond acceptors (Lipinski definition) is 4. The molecule has 0 radical (unpaired) electrons. The molecule has 2 amide bonds. The number of aliphatic imine (C=N–C) groups is 1. The molecule has 1 aliphatic carbocycles. The van der Waals surface area contributed by atoms with Crippen molar-refractivity contribution in [2.75, 3.05) is 13.1 Å². The zero-order valence-corrected chi connectivity index (χ0v) is 15.8. The molecule has 1 aliphatic rings. The molecule has 6 N–H and O–H groups in total. The molecule has 0 heterocycles. The summed E-state index contributed by atoms with van der Waals surface area (Å²) in [7, 11) is 0. The van der Waals surface area contributed by atoms with Gasteiger partial charge in [-0.2, -0.15) is 0 Å². The van der Waals surface area contributed by atoms with E-state index < -0.39 is 29.9 Å². The van der Waals surface area contributed by atoms with Crippen LogP contribution in [0.15, 0.2) is 4.99 Å². The fourth-order valence-corrected chi connectivity index (χ4v) is 3.59. The molecule has 1 saturated carbocycles. The van der Waals surface area contributed by atoms with Crippen molar-refractivity contribution in [2.45, 2.75) is 58.5 Å². The normalized spacial score (nSPS) is 23.1. The number of nitrogens with two attached hydrogens (primary N) is 2. The first-order chi connectivity index (χ1) is 12.2. The first-order valence-electron chi connectivity index (χ1n) is 9.08. The molecule has 1 unspecified atom stereocenters. The van der Waals surface area contributed by atoms with Crippen molar-refractivity contribution in [1.82, 2.24) is 10.2 Å². The summed E-state index contributed by atoms with van der Waals surface area (Å²) in [6, 6.07) is -1.37. The van der Waals surface area contributed by atoms with E-state index in [0.717, 1.165) is 12.8 Å². The molecule has 4 atom stereocenters. The Kier molecular flexibility index (Phi) is 8.34.